The third-order valence-electron chi connectivity index (χ3n) is 5.21. The van der Waals surface area contributed by atoms with Crippen LogP contribution >= 0.6 is 12.2 Å². The number of urea groups is 1. The second kappa shape index (κ2) is 10.2. The molecule has 0 spiro atoms. The molecule has 2 amide bonds. The van der Waals surface area contributed by atoms with Gasteiger partial charge in [-0.1, -0.05) is 32.0 Å². The molecule has 4 N–H and O–H groups in total. The minimum atomic E-state index is -0.274. The molecule has 3 rings (SSSR count). The maximum atomic E-state index is 12.1. The smallest absolute Gasteiger partial charge is 0.321 e. The number of carbonyl (C=O) groups is 1. The van der Waals surface area contributed by atoms with Gasteiger partial charge in [0.05, 0.1) is 0 Å². The Hall–Kier alpha value is -2.68. The van der Waals surface area contributed by atoms with Crippen LogP contribution in [-0.2, 0) is 0 Å². The summed E-state index contributed by atoms with van der Waals surface area (Å²) in [5.74, 6) is 1.80. The molecule has 29 heavy (non-hydrogen) atoms. The predicted molar refractivity (Wildman–Crippen MR) is 119 cm³/mol. The molecule has 0 aliphatic carbocycles. The van der Waals surface area contributed by atoms with E-state index in [9.17, 15) is 4.79 Å². The van der Waals surface area contributed by atoms with E-state index in [-0.39, 0.29) is 6.03 Å². The largest absolute Gasteiger partial charge is 0.341 e. The summed E-state index contributed by atoms with van der Waals surface area (Å²) >= 11 is 5.28. The minimum absolute atomic E-state index is 0.274. The summed E-state index contributed by atoms with van der Waals surface area (Å²) in [5.41, 5.74) is 2.08. The normalized spacial score (nSPS) is 14.7. The molecule has 8 nitrogen and oxygen atoms in total. The van der Waals surface area contributed by atoms with Gasteiger partial charge in [0.15, 0.2) is 5.11 Å². The molecule has 0 saturated carbocycles. The summed E-state index contributed by atoms with van der Waals surface area (Å²) in [4.78, 5) is 18.5. The molecule has 1 fully saturated rings. The van der Waals surface area contributed by atoms with Crippen LogP contribution in [0.1, 0.15) is 44.6 Å². The van der Waals surface area contributed by atoms with Crippen LogP contribution in [0.4, 0.5) is 16.4 Å². The number of carbonyl (C=O) groups excluding carboxylic acids is 1. The average Bonchev–Trinajstić information content (AvgIpc) is 3.23. The van der Waals surface area contributed by atoms with Crippen LogP contribution in [0.25, 0.3) is 0 Å². The first-order valence-electron chi connectivity index (χ1n) is 10.1. The van der Waals surface area contributed by atoms with Crippen LogP contribution in [0, 0.1) is 5.92 Å². The number of amides is 2. The first-order valence-corrected chi connectivity index (χ1v) is 10.5. The number of anilines is 2. The topological polar surface area (TPSA) is 98.0 Å². The van der Waals surface area contributed by atoms with E-state index in [1.807, 2.05) is 18.2 Å². The minimum Gasteiger partial charge on any atom is -0.341 e. The average molecular weight is 416 g/mol. The quantitative estimate of drug-likeness (QED) is 0.541. The molecule has 156 valence electrons. The fourth-order valence-corrected chi connectivity index (χ4v) is 3.79. The molecule has 9 heteroatoms. The highest BCUT2D eigenvalue weighted by atomic mass is 32.1. The Labute approximate surface area is 176 Å². The fourth-order valence-electron chi connectivity index (χ4n) is 3.59. The van der Waals surface area contributed by atoms with Gasteiger partial charge in [0.1, 0.15) is 6.33 Å². The number of para-hydroxylation sites is 1. The SMILES string of the molecule is CC(C)c1ccccc1NC(=S)NC(=O)NCCC1CCN(c2ncn[nH]2)CC1. The van der Waals surface area contributed by atoms with Crippen LogP contribution in [0.2, 0.25) is 0 Å². The maximum absolute atomic E-state index is 12.1. The lowest BCUT2D eigenvalue weighted by Gasteiger charge is -2.31. The van der Waals surface area contributed by atoms with Gasteiger partial charge in [-0.3, -0.25) is 5.32 Å². The summed E-state index contributed by atoms with van der Waals surface area (Å²) in [5, 5.41) is 15.8. The molecular weight excluding hydrogens is 386 g/mol. The van der Waals surface area contributed by atoms with Crippen molar-refractivity contribution in [1.29, 1.82) is 0 Å². The van der Waals surface area contributed by atoms with Gasteiger partial charge in [-0.15, -0.1) is 0 Å². The summed E-state index contributed by atoms with van der Waals surface area (Å²) in [7, 11) is 0. The first kappa shape index (κ1) is 21.0. The predicted octanol–water partition coefficient (Wildman–Crippen LogP) is 3.23. The second-order valence-electron chi connectivity index (χ2n) is 7.61. The molecule has 0 bridgehead atoms. The van der Waals surface area contributed by atoms with Crippen molar-refractivity contribution in [3.63, 3.8) is 0 Å². The Morgan fingerprint density at radius 2 is 2.07 bits per heavy atom. The zero-order valence-electron chi connectivity index (χ0n) is 16.9. The van der Waals surface area contributed by atoms with Crippen molar-refractivity contribution in [2.24, 2.45) is 5.92 Å². The number of rotatable bonds is 6. The molecule has 0 unspecified atom stereocenters. The Kier molecular flexibility index (Phi) is 7.40. The molecule has 0 radical (unpaired) electrons. The number of nitrogens with zero attached hydrogens (tertiary/aromatic N) is 3. The molecule has 0 atom stereocenters. The number of thiocarbonyl (C=S) groups is 1. The molecule has 1 aliphatic rings. The number of H-pyrrole nitrogens is 1. The molecule has 1 aromatic heterocycles. The zero-order valence-corrected chi connectivity index (χ0v) is 17.8. The Morgan fingerprint density at radius 3 is 2.76 bits per heavy atom. The standard InChI is InChI=1S/C20H29N7OS/c1-14(2)16-5-3-4-6-17(16)24-20(29)25-19(28)21-10-7-15-8-11-27(12-9-15)18-22-13-23-26-18/h3-6,13-15H,7-12H2,1-2H3,(H,22,23,26)(H3,21,24,25,28,29). The molecule has 1 aliphatic heterocycles. The van der Waals surface area contributed by atoms with Crippen molar-refractivity contribution in [2.75, 3.05) is 29.9 Å². The van der Waals surface area contributed by atoms with Crippen LogP contribution in [0.3, 0.4) is 0 Å². The van der Waals surface area contributed by atoms with Gasteiger partial charge < -0.3 is 15.5 Å². The maximum Gasteiger partial charge on any atom is 0.321 e. The van der Waals surface area contributed by atoms with E-state index in [1.54, 1.807) is 0 Å². The highest BCUT2D eigenvalue weighted by Crippen LogP contribution is 2.24. The van der Waals surface area contributed by atoms with Gasteiger partial charge >= 0.3 is 6.03 Å². The lowest BCUT2D eigenvalue weighted by molar-refractivity contribution is 0.244. The summed E-state index contributed by atoms with van der Waals surface area (Å²) < 4.78 is 0. The van der Waals surface area contributed by atoms with Crippen molar-refractivity contribution in [1.82, 2.24) is 25.8 Å². The van der Waals surface area contributed by atoms with Gasteiger partial charge in [0.25, 0.3) is 0 Å². The molecule has 1 aromatic carbocycles. The van der Waals surface area contributed by atoms with Crippen molar-refractivity contribution < 1.29 is 4.79 Å². The highest BCUT2D eigenvalue weighted by molar-refractivity contribution is 7.80. The van der Waals surface area contributed by atoms with Gasteiger partial charge in [0, 0.05) is 25.3 Å². The van der Waals surface area contributed by atoms with E-state index in [1.165, 1.54) is 6.33 Å². The number of aromatic nitrogens is 3. The number of aromatic amines is 1. The van der Waals surface area contributed by atoms with E-state index >= 15 is 0 Å². The number of benzene rings is 1. The van der Waals surface area contributed by atoms with E-state index in [0.717, 1.165) is 49.6 Å². The summed E-state index contributed by atoms with van der Waals surface area (Å²) in [6.07, 6.45) is 4.64. The molecular formula is C20H29N7OS. The first-order chi connectivity index (χ1) is 14.0. The fraction of sp³-hybridized carbons (Fsp3) is 0.500. The van der Waals surface area contributed by atoms with Gasteiger partial charge in [-0.2, -0.15) is 10.1 Å². The summed E-state index contributed by atoms with van der Waals surface area (Å²) in [6, 6.07) is 7.70. The zero-order chi connectivity index (χ0) is 20.6. The third kappa shape index (κ3) is 6.15. The van der Waals surface area contributed by atoms with Crippen molar-refractivity contribution in [3.8, 4) is 0 Å². The Balaban J connectivity index is 1.35. The molecule has 1 saturated heterocycles. The lowest BCUT2D eigenvalue weighted by atomic mass is 9.94. The van der Waals surface area contributed by atoms with Gasteiger partial charge in [-0.05, 0) is 54.9 Å². The van der Waals surface area contributed by atoms with Crippen LogP contribution in [-0.4, -0.2) is 46.0 Å². The Morgan fingerprint density at radius 1 is 1.31 bits per heavy atom. The van der Waals surface area contributed by atoms with E-state index in [2.05, 4.69) is 55.9 Å². The number of hydrogen-bond acceptors (Lipinski definition) is 5. The Bertz CT molecular complexity index is 801. The second-order valence-corrected chi connectivity index (χ2v) is 8.01. The van der Waals surface area contributed by atoms with Crippen molar-refractivity contribution in [2.45, 2.75) is 39.0 Å². The lowest BCUT2D eigenvalue weighted by Crippen LogP contribution is -2.42. The highest BCUT2D eigenvalue weighted by Gasteiger charge is 2.20. The van der Waals surface area contributed by atoms with Gasteiger partial charge in [-0.25, -0.2) is 9.89 Å². The number of piperidine rings is 1. The molecule has 2 aromatic rings. The van der Waals surface area contributed by atoms with Crippen LogP contribution in [0.15, 0.2) is 30.6 Å². The summed E-state index contributed by atoms with van der Waals surface area (Å²) in [6.45, 7) is 6.79. The van der Waals surface area contributed by atoms with Crippen molar-refractivity contribution in [3.05, 3.63) is 36.2 Å². The van der Waals surface area contributed by atoms with E-state index < -0.39 is 0 Å². The van der Waals surface area contributed by atoms with E-state index in [0.29, 0.717) is 23.5 Å². The molecule has 2 heterocycles. The third-order valence-corrected chi connectivity index (χ3v) is 5.42. The van der Waals surface area contributed by atoms with Crippen LogP contribution < -0.4 is 20.9 Å². The monoisotopic (exact) mass is 415 g/mol. The number of hydrogen-bond donors (Lipinski definition) is 4. The van der Waals surface area contributed by atoms with Gasteiger partial charge in [0.2, 0.25) is 5.95 Å². The van der Waals surface area contributed by atoms with Crippen molar-refractivity contribution >= 4 is 35.0 Å². The number of nitrogens with one attached hydrogen (secondary N) is 4. The van der Waals surface area contributed by atoms with Crippen LogP contribution in [0.5, 0.6) is 0 Å². The van der Waals surface area contributed by atoms with E-state index in [4.69, 9.17) is 12.2 Å².